The van der Waals surface area contributed by atoms with E-state index < -0.39 is 12.6 Å². The third-order valence-corrected chi connectivity index (χ3v) is 8.65. The van der Waals surface area contributed by atoms with Gasteiger partial charge in [-0.05, 0) is 73.3 Å². The third kappa shape index (κ3) is 9.65. The Balaban J connectivity index is 1.28. The molecule has 2 aliphatic rings. The smallest absolute Gasteiger partial charge is 0.171 e. The highest BCUT2D eigenvalue weighted by Gasteiger charge is 2.31. The summed E-state index contributed by atoms with van der Waals surface area (Å²) in [5.74, 6) is 3.33. The summed E-state index contributed by atoms with van der Waals surface area (Å²) in [5.41, 5.74) is 1.62. The Kier molecular flexibility index (Phi) is 11.1. The second kappa shape index (κ2) is 13.8. The van der Waals surface area contributed by atoms with E-state index in [-0.39, 0.29) is 0 Å². The largest absolute Gasteiger partial charge is 0.393 e. The molecule has 33 heavy (non-hydrogen) atoms. The van der Waals surface area contributed by atoms with Crippen LogP contribution in [0.25, 0.3) is 0 Å². The van der Waals surface area contributed by atoms with Crippen LogP contribution in [-0.4, -0.2) is 6.18 Å². The van der Waals surface area contributed by atoms with Gasteiger partial charge in [0.2, 0.25) is 0 Å². The van der Waals surface area contributed by atoms with E-state index in [0.717, 1.165) is 17.8 Å². The van der Waals surface area contributed by atoms with Crippen molar-refractivity contribution < 1.29 is 13.2 Å². The van der Waals surface area contributed by atoms with Gasteiger partial charge < -0.3 is 0 Å². The summed E-state index contributed by atoms with van der Waals surface area (Å²) < 4.78 is 37.7. The Labute approximate surface area is 201 Å². The van der Waals surface area contributed by atoms with Crippen LogP contribution in [0.2, 0.25) is 0 Å². The maximum absolute atomic E-state index is 12.6. The lowest BCUT2D eigenvalue weighted by Gasteiger charge is -2.38. The lowest BCUT2D eigenvalue weighted by Crippen LogP contribution is -2.25. The summed E-state index contributed by atoms with van der Waals surface area (Å²) >= 11 is 0. The molecule has 0 aliphatic heterocycles. The molecule has 1 aromatic rings. The predicted octanol–water partition coefficient (Wildman–Crippen LogP) is 10.4. The molecule has 0 saturated heterocycles. The highest BCUT2D eigenvalue weighted by atomic mass is 19.4. The number of benzene rings is 1. The Bertz CT molecular complexity index is 632. The molecule has 2 aliphatic carbocycles. The first-order valence-electron chi connectivity index (χ1n) is 14.1. The molecule has 0 nitrogen and oxygen atoms in total. The van der Waals surface area contributed by atoms with Crippen LogP contribution < -0.4 is 0 Å². The summed E-state index contributed by atoms with van der Waals surface area (Å²) in [4.78, 5) is 0. The Hall–Kier alpha value is -0.990. The Morgan fingerprint density at radius 1 is 0.667 bits per heavy atom. The molecule has 0 spiro atoms. The van der Waals surface area contributed by atoms with E-state index in [9.17, 15) is 13.2 Å². The number of halogens is 3. The van der Waals surface area contributed by atoms with E-state index in [0.29, 0.717) is 11.5 Å². The van der Waals surface area contributed by atoms with Crippen molar-refractivity contribution in [2.24, 2.45) is 17.8 Å². The number of hydrogen-bond donors (Lipinski definition) is 0. The topological polar surface area (TPSA) is 0 Å². The van der Waals surface area contributed by atoms with Crippen LogP contribution in [0.4, 0.5) is 13.2 Å². The molecule has 0 radical (unpaired) electrons. The zero-order chi connectivity index (χ0) is 23.5. The molecule has 0 bridgehead atoms. The fraction of sp³-hybridized carbons (Fsp3) is 0.800. The van der Waals surface area contributed by atoms with Crippen molar-refractivity contribution in [1.29, 1.82) is 0 Å². The van der Waals surface area contributed by atoms with Crippen LogP contribution >= 0.6 is 0 Å². The van der Waals surface area contributed by atoms with Gasteiger partial charge in [0.25, 0.3) is 0 Å². The van der Waals surface area contributed by atoms with Crippen LogP contribution in [-0.2, 0) is 6.42 Å². The Morgan fingerprint density at radius 2 is 1.18 bits per heavy atom. The van der Waals surface area contributed by atoms with Gasteiger partial charge in [-0.1, -0.05) is 102 Å². The molecule has 0 amide bonds. The average Bonchev–Trinajstić information content (AvgIpc) is 2.81. The molecular formula is C30H47F3. The quantitative estimate of drug-likeness (QED) is 0.270. The lowest BCUT2D eigenvalue weighted by molar-refractivity contribution is -0.127. The van der Waals surface area contributed by atoms with Gasteiger partial charge in [0, 0.05) is 0 Å². The minimum Gasteiger partial charge on any atom is -0.171 e. The fourth-order valence-corrected chi connectivity index (χ4v) is 6.58. The summed E-state index contributed by atoms with van der Waals surface area (Å²) in [5, 5.41) is 0. The minimum absolute atomic E-state index is 0.378. The summed E-state index contributed by atoms with van der Waals surface area (Å²) in [6, 6.07) is 7.26. The van der Waals surface area contributed by atoms with Crippen LogP contribution in [0.1, 0.15) is 133 Å². The first-order valence-corrected chi connectivity index (χ1v) is 14.1. The summed E-state index contributed by atoms with van der Waals surface area (Å²) in [7, 11) is 0. The first-order chi connectivity index (χ1) is 15.9. The summed E-state index contributed by atoms with van der Waals surface area (Å²) in [6.45, 7) is 2.28. The summed E-state index contributed by atoms with van der Waals surface area (Å²) in [6.07, 6.45) is 18.7. The SMILES string of the molecule is CCCCCCCCCCC1CCC(C2CCC(c3ccc(CC(F)(F)F)cc3)CC2)CC1. The first kappa shape index (κ1) is 26.6. The fourth-order valence-electron chi connectivity index (χ4n) is 6.58. The van der Waals surface area contributed by atoms with E-state index in [4.69, 9.17) is 0 Å². The average molecular weight is 465 g/mol. The molecule has 2 saturated carbocycles. The van der Waals surface area contributed by atoms with Gasteiger partial charge in [-0.15, -0.1) is 0 Å². The second-order valence-corrected chi connectivity index (χ2v) is 11.2. The van der Waals surface area contributed by atoms with Gasteiger partial charge in [-0.3, -0.25) is 0 Å². The molecular weight excluding hydrogens is 417 g/mol. The maximum atomic E-state index is 12.6. The van der Waals surface area contributed by atoms with Gasteiger partial charge in [0.1, 0.15) is 0 Å². The van der Waals surface area contributed by atoms with E-state index in [2.05, 4.69) is 6.92 Å². The maximum Gasteiger partial charge on any atom is 0.393 e. The number of unbranched alkanes of at least 4 members (excludes halogenated alkanes) is 7. The van der Waals surface area contributed by atoms with Crippen LogP contribution in [0, 0.1) is 17.8 Å². The molecule has 3 heteroatoms. The van der Waals surface area contributed by atoms with Crippen molar-refractivity contribution in [3.05, 3.63) is 35.4 Å². The van der Waals surface area contributed by atoms with Gasteiger partial charge in [-0.25, -0.2) is 0 Å². The molecule has 0 aromatic heterocycles. The van der Waals surface area contributed by atoms with Crippen LogP contribution in [0.5, 0.6) is 0 Å². The lowest BCUT2D eigenvalue weighted by atomic mass is 9.68. The van der Waals surface area contributed by atoms with Gasteiger partial charge in [-0.2, -0.15) is 13.2 Å². The molecule has 1 aromatic carbocycles. The number of rotatable bonds is 12. The van der Waals surface area contributed by atoms with Crippen molar-refractivity contribution >= 4 is 0 Å². The van der Waals surface area contributed by atoms with Crippen molar-refractivity contribution in [3.8, 4) is 0 Å². The normalized spacial score (nSPS) is 26.4. The predicted molar refractivity (Wildman–Crippen MR) is 134 cm³/mol. The highest BCUT2D eigenvalue weighted by Crippen LogP contribution is 2.44. The number of hydrogen-bond acceptors (Lipinski definition) is 0. The third-order valence-electron chi connectivity index (χ3n) is 8.65. The van der Waals surface area contributed by atoms with Crippen molar-refractivity contribution in [2.45, 2.75) is 135 Å². The van der Waals surface area contributed by atoms with Crippen molar-refractivity contribution in [1.82, 2.24) is 0 Å². The van der Waals surface area contributed by atoms with Crippen molar-refractivity contribution in [3.63, 3.8) is 0 Å². The van der Waals surface area contributed by atoms with E-state index in [1.54, 1.807) is 12.1 Å². The molecule has 3 rings (SSSR count). The molecule has 0 atom stereocenters. The van der Waals surface area contributed by atoms with Gasteiger partial charge in [0.15, 0.2) is 0 Å². The zero-order valence-corrected chi connectivity index (χ0v) is 21.0. The molecule has 2 fully saturated rings. The number of alkyl halides is 3. The zero-order valence-electron chi connectivity index (χ0n) is 21.0. The highest BCUT2D eigenvalue weighted by molar-refractivity contribution is 5.26. The van der Waals surface area contributed by atoms with E-state index in [1.807, 2.05) is 12.1 Å². The monoisotopic (exact) mass is 464 g/mol. The standard InChI is InChI=1S/C30H47F3/c1-2-3-4-5-6-7-8-9-10-24-11-15-26(16-12-24)28-19-21-29(22-20-28)27-17-13-25(14-18-27)23-30(31,32)33/h13-14,17-18,24,26,28-29H,2-12,15-16,19-23H2,1H3. The van der Waals surface area contributed by atoms with E-state index >= 15 is 0 Å². The minimum atomic E-state index is -4.12. The van der Waals surface area contributed by atoms with Gasteiger partial charge >= 0.3 is 6.18 Å². The second-order valence-electron chi connectivity index (χ2n) is 11.2. The van der Waals surface area contributed by atoms with Crippen molar-refractivity contribution in [2.75, 3.05) is 0 Å². The van der Waals surface area contributed by atoms with Crippen LogP contribution in [0.15, 0.2) is 24.3 Å². The molecule has 0 N–H and O–H groups in total. The van der Waals surface area contributed by atoms with Crippen LogP contribution in [0.3, 0.4) is 0 Å². The molecule has 188 valence electrons. The van der Waals surface area contributed by atoms with E-state index in [1.165, 1.54) is 115 Å². The van der Waals surface area contributed by atoms with Gasteiger partial charge in [0.05, 0.1) is 6.42 Å². The molecule has 0 heterocycles. The Morgan fingerprint density at radius 3 is 1.73 bits per heavy atom. The molecule has 0 unspecified atom stereocenters.